The Labute approximate surface area is 235 Å². The van der Waals surface area contributed by atoms with Crippen molar-refractivity contribution in [1.29, 1.82) is 0 Å². The summed E-state index contributed by atoms with van der Waals surface area (Å²) in [4.78, 5) is 54.2. The van der Waals surface area contributed by atoms with Crippen LogP contribution in [-0.4, -0.2) is 60.1 Å². The van der Waals surface area contributed by atoms with Gasteiger partial charge < -0.3 is 25.0 Å². The van der Waals surface area contributed by atoms with Crippen molar-refractivity contribution < 1.29 is 28.7 Å². The number of hydrogen-bond donors (Lipinski definition) is 2. The molecule has 3 amide bonds. The fourth-order valence-corrected chi connectivity index (χ4v) is 4.39. The van der Waals surface area contributed by atoms with Crippen molar-refractivity contribution in [1.82, 2.24) is 15.5 Å². The van der Waals surface area contributed by atoms with E-state index in [1.54, 1.807) is 45.0 Å². The lowest BCUT2D eigenvalue weighted by Gasteiger charge is -2.43. The van der Waals surface area contributed by atoms with E-state index in [9.17, 15) is 19.2 Å². The first kappa shape index (κ1) is 30.2. The zero-order chi connectivity index (χ0) is 29.3. The maximum atomic E-state index is 14.4. The molecule has 2 unspecified atom stereocenters. The molecule has 2 aromatic rings. The molecule has 0 spiro atoms. The van der Waals surface area contributed by atoms with Crippen LogP contribution in [0.1, 0.15) is 62.8 Å². The van der Waals surface area contributed by atoms with E-state index in [0.29, 0.717) is 24.0 Å². The number of benzene rings is 2. The third kappa shape index (κ3) is 8.34. The topological polar surface area (TPSA) is 114 Å². The van der Waals surface area contributed by atoms with Crippen LogP contribution in [0.25, 0.3) is 0 Å². The zero-order valence-corrected chi connectivity index (χ0v) is 23.4. The van der Waals surface area contributed by atoms with Gasteiger partial charge in [-0.25, -0.2) is 4.79 Å². The Bertz CT molecular complexity index is 1230. The Morgan fingerprint density at radius 2 is 1.70 bits per heavy atom. The summed E-state index contributed by atoms with van der Waals surface area (Å²) in [7, 11) is 1.23. The van der Waals surface area contributed by atoms with Gasteiger partial charge in [-0.05, 0) is 63.3 Å². The summed E-state index contributed by atoms with van der Waals surface area (Å²) in [5.41, 5.74) is 1.20. The monoisotopic (exact) mass is 547 g/mol. The van der Waals surface area contributed by atoms with E-state index in [-0.39, 0.29) is 19.0 Å². The van der Waals surface area contributed by atoms with E-state index in [1.165, 1.54) is 12.0 Å². The first-order valence-corrected chi connectivity index (χ1v) is 13.3. The minimum absolute atomic E-state index is 0.189. The normalized spacial score (nSPS) is 14.5. The van der Waals surface area contributed by atoms with E-state index < -0.39 is 41.6 Å². The number of nitrogens with one attached hydrogen (secondary N) is 2. The molecule has 2 atom stereocenters. The number of esters is 1. The van der Waals surface area contributed by atoms with Gasteiger partial charge >= 0.3 is 12.1 Å². The molecule has 40 heavy (non-hydrogen) atoms. The van der Waals surface area contributed by atoms with Crippen molar-refractivity contribution in [2.45, 2.75) is 70.2 Å². The van der Waals surface area contributed by atoms with E-state index in [0.717, 1.165) is 12.0 Å². The number of methoxy groups -OCH3 is 1. The van der Waals surface area contributed by atoms with Gasteiger partial charge in [0.15, 0.2) is 0 Å². The van der Waals surface area contributed by atoms with Gasteiger partial charge in [0, 0.05) is 18.0 Å². The largest absolute Gasteiger partial charge is 0.468 e. The van der Waals surface area contributed by atoms with Crippen LogP contribution in [0.5, 0.6) is 0 Å². The van der Waals surface area contributed by atoms with Crippen molar-refractivity contribution >= 4 is 23.9 Å². The van der Waals surface area contributed by atoms with Crippen molar-refractivity contribution in [2.75, 3.05) is 13.7 Å². The highest BCUT2D eigenvalue weighted by Crippen LogP contribution is 2.34. The number of amides is 3. The first-order valence-electron chi connectivity index (χ1n) is 13.3. The Morgan fingerprint density at radius 3 is 2.23 bits per heavy atom. The first-order chi connectivity index (χ1) is 19.0. The Kier molecular flexibility index (Phi) is 10.3. The fourth-order valence-electron chi connectivity index (χ4n) is 4.39. The van der Waals surface area contributed by atoms with Crippen LogP contribution in [0.2, 0.25) is 0 Å². The predicted molar refractivity (Wildman–Crippen MR) is 150 cm³/mol. The van der Waals surface area contributed by atoms with Crippen molar-refractivity contribution in [3.8, 4) is 12.3 Å². The van der Waals surface area contributed by atoms with Crippen molar-refractivity contribution in [3.63, 3.8) is 0 Å². The lowest BCUT2D eigenvalue weighted by molar-refractivity contribution is -0.148. The van der Waals surface area contributed by atoms with Gasteiger partial charge in [-0.3, -0.25) is 14.4 Å². The molecule has 2 N–H and O–H groups in total. The average molecular weight is 548 g/mol. The summed E-state index contributed by atoms with van der Waals surface area (Å²) in [6, 6.07) is 13.7. The van der Waals surface area contributed by atoms with Crippen LogP contribution < -0.4 is 10.6 Å². The second-order valence-corrected chi connectivity index (χ2v) is 10.7. The second-order valence-electron chi connectivity index (χ2n) is 10.7. The van der Waals surface area contributed by atoms with Crippen molar-refractivity contribution in [2.24, 2.45) is 0 Å². The molecular weight excluding hydrogens is 510 g/mol. The minimum atomic E-state index is -1.08. The molecule has 2 aromatic carbocycles. The summed E-state index contributed by atoms with van der Waals surface area (Å²) in [5, 5.41) is 5.34. The van der Waals surface area contributed by atoms with Crippen molar-refractivity contribution in [3.05, 3.63) is 71.3 Å². The molecule has 212 valence electrons. The molecule has 3 rings (SSSR count). The molecule has 0 saturated heterocycles. The maximum absolute atomic E-state index is 14.4. The third-order valence-electron chi connectivity index (χ3n) is 6.55. The molecule has 1 aliphatic carbocycles. The van der Waals surface area contributed by atoms with E-state index >= 15 is 0 Å². The molecule has 1 saturated carbocycles. The summed E-state index contributed by atoms with van der Waals surface area (Å²) in [5.74, 6) is 0.950. The van der Waals surface area contributed by atoms with Crippen LogP contribution in [0, 0.1) is 12.3 Å². The smallest absolute Gasteiger partial charge is 0.408 e. The Morgan fingerprint density at radius 1 is 1.05 bits per heavy atom. The van der Waals surface area contributed by atoms with Crippen LogP contribution in [-0.2, 0) is 30.3 Å². The average Bonchev–Trinajstić information content (AvgIpc) is 2.89. The molecule has 0 heterocycles. The molecular formula is C31H37N3O6. The molecule has 0 aromatic heterocycles. The van der Waals surface area contributed by atoms with Gasteiger partial charge in [0.05, 0.1) is 7.11 Å². The van der Waals surface area contributed by atoms with Gasteiger partial charge in [-0.2, -0.15) is 0 Å². The van der Waals surface area contributed by atoms with Crippen LogP contribution in [0.3, 0.4) is 0 Å². The highest BCUT2D eigenvalue weighted by atomic mass is 16.6. The summed E-state index contributed by atoms with van der Waals surface area (Å²) in [6.07, 6.45) is 7.26. The van der Waals surface area contributed by atoms with E-state index in [2.05, 4.69) is 21.3 Å². The van der Waals surface area contributed by atoms with Gasteiger partial charge in [0.1, 0.15) is 24.2 Å². The molecule has 1 fully saturated rings. The maximum Gasteiger partial charge on any atom is 0.408 e. The second kappa shape index (κ2) is 13.7. The Balaban J connectivity index is 2.03. The molecule has 9 heteroatoms. The lowest BCUT2D eigenvalue weighted by Crippen LogP contribution is -2.58. The SMILES string of the molecule is C#Cc1ccc(C(C(=O)NCC(=O)OC)N(C(=O)C(Cc2ccccc2)NC(=O)OC(C)(C)C)C2CCC2)cc1. The van der Waals surface area contributed by atoms with Gasteiger partial charge in [0.25, 0.3) is 0 Å². The number of carbonyl (C=O) groups is 4. The van der Waals surface area contributed by atoms with E-state index in [4.69, 9.17) is 11.2 Å². The number of alkyl carbamates (subject to hydrolysis) is 1. The van der Waals surface area contributed by atoms with Gasteiger partial charge in [0.2, 0.25) is 11.8 Å². The van der Waals surface area contributed by atoms with Crippen LogP contribution in [0.4, 0.5) is 4.79 Å². The van der Waals surface area contributed by atoms with E-state index in [1.807, 2.05) is 30.3 Å². The summed E-state index contributed by atoms with van der Waals surface area (Å²) < 4.78 is 10.1. The number of rotatable bonds is 10. The molecule has 1 aliphatic rings. The quantitative estimate of drug-likeness (QED) is 0.348. The number of carbonyl (C=O) groups excluding carboxylic acids is 4. The summed E-state index contributed by atoms with van der Waals surface area (Å²) >= 11 is 0. The lowest BCUT2D eigenvalue weighted by atomic mass is 9.87. The number of ether oxygens (including phenoxy) is 2. The molecule has 0 bridgehead atoms. The number of hydrogen-bond acceptors (Lipinski definition) is 6. The zero-order valence-electron chi connectivity index (χ0n) is 23.4. The number of terminal acetylenes is 1. The van der Waals surface area contributed by atoms with Crippen LogP contribution in [0.15, 0.2) is 54.6 Å². The van der Waals surface area contributed by atoms with Crippen LogP contribution >= 0.6 is 0 Å². The van der Waals surface area contributed by atoms with Gasteiger partial charge in [-0.15, -0.1) is 6.42 Å². The molecule has 9 nitrogen and oxygen atoms in total. The highest BCUT2D eigenvalue weighted by molar-refractivity contribution is 5.93. The molecule has 0 radical (unpaired) electrons. The third-order valence-corrected chi connectivity index (χ3v) is 6.55. The minimum Gasteiger partial charge on any atom is -0.468 e. The molecule has 0 aliphatic heterocycles. The predicted octanol–water partition coefficient (Wildman–Crippen LogP) is 3.52. The highest BCUT2D eigenvalue weighted by Gasteiger charge is 2.42. The fraction of sp³-hybridized carbons (Fsp3) is 0.419. The summed E-state index contributed by atoms with van der Waals surface area (Å²) in [6.45, 7) is 4.86. The Hall–Kier alpha value is -4.32. The number of nitrogens with zero attached hydrogens (tertiary/aromatic N) is 1. The standard InChI is InChI=1S/C31H37N3O6/c1-6-21-15-17-23(18-16-21)27(28(36)32-20-26(35)39-5)34(24-13-10-14-24)29(37)25(19-22-11-8-7-9-12-22)33-30(38)40-31(2,3)4/h1,7-9,11-12,15-18,24-25,27H,10,13-14,19-20H2,2-5H3,(H,32,36)(H,33,38). The van der Waals surface area contributed by atoms with Gasteiger partial charge in [-0.1, -0.05) is 48.4 Å².